The van der Waals surface area contributed by atoms with Crippen LogP contribution in [0.3, 0.4) is 0 Å². The quantitative estimate of drug-likeness (QED) is 0.327. The number of methoxy groups -OCH3 is 1. The minimum atomic E-state index is -0.554. The van der Waals surface area contributed by atoms with Crippen LogP contribution in [0.25, 0.3) is 0 Å². The van der Waals surface area contributed by atoms with Gasteiger partial charge in [0.15, 0.2) is 5.78 Å². The highest BCUT2D eigenvalue weighted by Crippen LogP contribution is 2.31. The van der Waals surface area contributed by atoms with Crippen LogP contribution in [0.15, 0.2) is 30.6 Å². The third-order valence-corrected chi connectivity index (χ3v) is 3.16. The van der Waals surface area contributed by atoms with E-state index < -0.39 is 4.92 Å². The molecule has 0 aliphatic carbocycles. The van der Waals surface area contributed by atoms with Gasteiger partial charge in [0.05, 0.1) is 11.5 Å². The van der Waals surface area contributed by atoms with Gasteiger partial charge in [0, 0.05) is 24.9 Å². The number of rotatable bonds is 8. The Hall–Kier alpha value is -3.07. The van der Waals surface area contributed by atoms with Crippen LogP contribution in [-0.4, -0.2) is 40.9 Å². The van der Waals surface area contributed by atoms with Crippen LogP contribution in [0.4, 0.5) is 23.0 Å². The normalized spacial score (nSPS) is 10.2. The second-order valence-electron chi connectivity index (χ2n) is 4.85. The molecule has 0 bridgehead atoms. The first-order chi connectivity index (χ1) is 11.5. The second kappa shape index (κ2) is 7.97. The van der Waals surface area contributed by atoms with Crippen LogP contribution >= 0.6 is 0 Å². The molecule has 0 saturated carbocycles. The number of nitrogens with zero attached hydrogens (tertiary/aromatic N) is 3. The van der Waals surface area contributed by atoms with Crippen molar-refractivity contribution >= 4 is 28.8 Å². The van der Waals surface area contributed by atoms with Crippen LogP contribution in [0.1, 0.15) is 17.3 Å². The Balaban J connectivity index is 2.27. The number of carbonyl (C=O) groups is 1. The molecule has 0 aliphatic heterocycles. The van der Waals surface area contributed by atoms with Crippen molar-refractivity contribution in [3.05, 3.63) is 46.3 Å². The smallest absolute Gasteiger partial charge is 0.353 e. The molecule has 9 nitrogen and oxygen atoms in total. The molecule has 0 spiro atoms. The van der Waals surface area contributed by atoms with Crippen molar-refractivity contribution in [2.24, 2.45) is 0 Å². The summed E-state index contributed by atoms with van der Waals surface area (Å²) in [5.74, 6) is 0.111. The Kier molecular flexibility index (Phi) is 5.74. The molecule has 24 heavy (non-hydrogen) atoms. The zero-order valence-electron chi connectivity index (χ0n) is 13.3. The topological polar surface area (TPSA) is 119 Å². The molecule has 2 rings (SSSR count). The van der Waals surface area contributed by atoms with E-state index in [1.165, 1.54) is 20.4 Å². The first-order valence-corrected chi connectivity index (χ1v) is 7.13. The molecule has 1 aromatic carbocycles. The number of ether oxygens (including phenoxy) is 1. The Morgan fingerprint density at radius 2 is 1.92 bits per heavy atom. The summed E-state index contributed by atoms with van der Waals surface area (Å²) in [6.07, 6.45) is 1.23. The number of aromatic nitrogens is 2. The first kappa shape index (κ1) is 17.3. The number of anilines is 3. The number of nitro groups is 1. The van der Waals surface area contributed by atoms with Gasteiger partial charge in [0.1, 0.15) is 6.33 Å². The number of hydrogen-bond acceptors (Lipinski definition) is 8. The lowest BCUT2D eigenvalue weighted by molar-refractivity contribution is -0.383. The van der Waals surface area contributed by atoms with Crippen LogP contribution in [0.5, 0.6) is 0 Å². The van der Waals surface area contributed by atoms with Crippen LogP contribution < -0.4 is 10.6 Å². The average Bonchev–Trinajstić information content (AvgIpc) is 2.55. The molecule has 126 valence electrons. The molecule has 2 aromatic rings. The molecule has 1 heterocycles. The van der Waals surface area contributed by atoms with Gasteiger partial charge in [-0.05, 0) is 31.2 Å². The van der Waals surface area contributed by atoms with Crippen molar-refractivity contribution in [1.82, 2.24) is 9.97 Å². The SMILES string of the molecule is COCCNc1ncnc(Nc2ccc(C(C)=O)cc2)c1[N+](=O)[O-]. The highest BCUT2D eigenvalue weighted by Gasteiger charge is 2.22. The molecule has 0 atom stereocenters. The second-order valence-corrected chi connectivity index (χ2v) is 4.85. The summed E-state index contributed by atoms with van der Waals surface area (Å²) in [5.41, 5.74) is 0.869. The fraction of sp³-hybridized carbons (Fsp3) is 0.267. The summed E-state index contributed by atoms with van der Waals surface area (Å²) in [7, 11) is 1.54. The number of ketones is 1. The van der Waals surface area contributed by atoms with Gasteiger partial charge in [-0.25, -0.2) is 9.97 Å². The third-order valence-electron chi connectivity index (χ3n) is 3.16. The summed E-state index contributed by atoms with van der Waals surface area (Å²) in [6, 6.07) is 6.58. The monoisotopic (exact) mass is 331 g/mol. The maximum absolute atomic E-state index is 11.4. The maximum Gasteiger partial charge on any atom is 0.353 e. The molecule has 2 N–H and O–H groups in total. The standard InChI is InChI=1S/C15H17N5O4/c1-10(21)11-3-5-12(6-4-11)19-15-13(20(22)23)14(17-9-18-15)16-7-8-24-2/h3-6,9H,7-8H2,1-2H3,(H2,16,17,18,19). The van der Waals surface area contributed by atoms with Gasteiger partial charge in [0.25, 0.3) is 0 Å². The largest absolute Gasteiger partial charge is 0.383 e. The molecule has 0 saturated heterocycles. The van der Waals surface area contributed by atoms with E-state index in [1.807, 2.05) is 0 Å². The maximum atomic E-state index is 11.4. The van der Waals surface area contributed by atoms with Gasteiger partial charge in [-0.1, -0.05) is 0 Å². The fourth-order valence-electron chi connectivity index (χ4n) is 1.97. The third kappa shape index (κ3) is 4.23. The van der Waals surface area contributed by atoms with E-state index in [1.54, 1.807) is 24.3 Å². The Labute approximate surface area is 138 Å². The molecule has 0 aliphatic rings. The summed E-state index contributed by atoms with van der Waals surface area (Å²) in [5, 5.41) is 17.1. The van der Waals surface area contributed by atoms with Gasteiger partial charge in [-0.15, -0.1) is 0 Å². The van der Waals surface area contributed by atoms with Crippen molar-refractivity contribution in [1.29, 1.82) is 0 Å². The molecule has 0 unspecified atom stereocenters. The van der Waals surface area contributed by atoms with Crippen LogP contribution in [-0.2, 0) is 4.74 Å². The Bertz CT molecular complexity index is 733. The lowest BCUT2D eigenvalue weighted by atomic mass is 10.1. The summed E-state index contributed by atoms with van der Waals surface area (Å²) >= 11 is 0. The minimum Gasteiger partial charge on any atom is -0.383 e. The summed E-state index contributed by atoms with van der Waals surface area (Å²) < 4.78 is 4.90. The molecule has 9 heteroatoms. The number of benzene rings is 1. The van der Waals surface area contributed by atoms with Gasteiger partial charge < -0.3 is 15.4 Å². The first-order valence-electron chi connectivity index (χ1n) is 7.13. The highest BCUT2D eigenvalue weighted by atomic mass is 16.6. The number of nitrogens with one attached hydrogen (secondary N) is 2. The van der Waals surface area contributed by atoms with E-state index in [9.17, 15) is 14.9 Å². The Morgan fingerprint density at radius 3 is 2.50 bits per heavy atom. The van der Waals surface area contributed by atoms with Gasteiger partial charge >= 0.3 is 5.69 Å². The van der Waals surface area contributed by atoms with Crippen molar-refractivity contribution in [3.8, 4) is 0 Å². The molecular weight excluding hydrogens is 314 g/mol. The Morgan fingerprint density at radius 1 is 1.25 bits per heavy atom. The zero-order valence-corrected chi connectivity index (χ0v) is 13.3. The van der Waals surface area contributed by atoms with Crippen molar-refractivity contribution in [2.45, 2.75) is 6.92 Å². The molecule has 0 fully saturated rings. The number of Topliss-reactive ketones (excluding diaryl/α,β-unsaturated/α-hetero) is 1. The van der Waals surface area contributed by atoms with Gasteiger partial charge in [0.2, 0.25) is 11.6 Å². The number of hydrogen-bond donors (Lipinski definition) is 2. The predicted octanol–water partition coefficient (Wildman–Crippen LogP) is 2.39. The number of carbonyl (C=O) groups excluding carboxylic acids is 1. The van der Waals surface area contributed by atoms with Crippen LogP contribution in [0.2, 0.25) is 0 Å². The molecule has 1 aromatic heterocycles. The van der Waals surface area contributed by atoms with Crippen molar-refractivity contribution < 1.29 is 14.5 Å². The van der Waals surface area contributed by atoms with E-state index in [-0.39, 0.29) is 23.1 Å². The predicted molar refractivity (Wildman–Crippen MR) is 88.8 cm³/mol. The lowest BCUT2D eigenvalue weighted by Gasteiger charge is -2.10. The van der Waals surface area contributed by atoms with E-state index in [0.29, 0.717) is 24.4 Å². The van der Waals surface area contributed by atoms with E-state index in [0.717, 1.165) is 0 Å². The van der Waals surface area contributed by atoms with E-state index in [4.69, 9.17) is 4.74 Å². The summed E-state index contributed by atoms with van der Waals surface area (Å²) in [6.45, 7) is 2.23. The highest BCUT2D eigenvalue weighted by molar-refractivity contribution is 5.94. The van der Waals surface area contributed by atoms with Crippen molar-refractivity contribution in [3.63, 3.8) is 0 Å². The van der Waals surface area contributed by atoms with Crippen LogP contribution in [0, 0.1) is 10.1 Å². The fourth-order valence-corrected chi connectivity index (χ4v) is 1.97. The average molecular weight is 331 g/mol. The van der Waals surface area contributed by atoms with E-state index in [2.05, 4.69) is 20.6 Å². The molecule has 0 amide bonds. The van der Waals surface area contributed by atoms with E-state index >= 15 is 0 Å². The van der Waals surface area contributed by atoms with Gasteiger partial charge in [-0.2, -0.15) is 0 Å². The minimum absolute atomic E-state index is 0.0563. The van der Waals surface area contributed by atoms with Gasteiger partial charge in [-0.3, -0.25) is 14.9 Å². The lowest BCUT2D eigenvalue weighted by Crippen LogP contribution is -2.12. The van der Waals surface area contributed by atoms with Crippen molar-refractivity contribution in [2.75, 3.05) is 30.9 Å². The zero-order chi connectivity index (χ0) is 17.5. The molecule has 0 radical (unpaired) electrons. The molecular formula is C15H17N5O4. The summed E-state index contributed by atoms with van der Waals surface area (Å²) in [4.78, 5) is 30.0.